The van der Waals surface area contributed by atoms with Gasteiger partial charge in [0, 0.05) is 14.1 Å². The first-order chi connectivity index (χ1) is 8.99. The van der Waals surface area contributed by atoms with Crippen LogP contribution in [-0.4, -0.2) is 30.2 Å². The molecule has 0 aliphatic rings. The first-order valence-corrected chi connectivity index (χ1v) is 6.82. The molecule has 19 heavy (non-hydrogen) atoms. The summed E-state index contributed by atoms with van der Waals surface area (Å²) in [5.74, 6) is -0.366. The Kier molecular flexibility index (Phi) is 4.24. The summed E-state index contributed by atoms with van der Waals surface area (Å²) in [6.45, 7) is 0. The molecule has 2 aromatic rings. The van der Waals surface area contributed by atoms with Crippen molar-refractivity contribution in [3.8, 4) is 0 Å². The Morgan fingerprint density at radius 3 is 2.63 bits per heavy atom. The summed E-state index contributed by atoms with van der Waals surface area (Å²) < 4.78 is 0.226. The fraction of sp³-hybridized carbons (Fsp3) is 0.182. The molecule has 1 N–H and O–H groups in total. The molecule has 1 amide bonds. The van der Waals surface area contributed by atoms with E-state index in [1.807, 2.05) is 19.0 Å². The van der Waals surface area contributed by atoms with E-state index < -0.39 is 0 Å². The van der Waals surface area contributed by atoms with Gasteiger partial charge in [-0.2, -0.15) is 0 Å². The van der Waals surface area contributed by atoms with Crippen molar-refractivity contribution in [3.05, 3.63) is 32.7 Å². The zero-order chi connectivity index (χ0) is 14.0. The van der Waals surface area contributed by atoms with E-state index in [-0.39, 0.29) is 15.4 Å². The van der Waals surface area contributed by atoms with E-state index in [0.29, 0.717) is 10.7 Å². The largest absolute Gasteiger partial charge is 0.375 e. The summed E-state index contributed by atoms with van der Waals surface area (Å²) in [5.41, 5.74) is 1.34. The lowest BCUT2D eigenvalue weighted by atomic mass is 10.2. The average molecular weight is 317 g/mol. The molecule has 8 heteroatoms. The summed E-state index contributed by atoms with van der Waals surface area (Å²) in [6.07, 6.45) is 0. The Bertz CT molecular complexity index is 614. The van der Waals surface area contributed by atoms with E-state index in [4.69, 9.17) is 23.2 Å². The van der Waals surface area contributed by atoms with Crippen LogP contribution in [0.1, 0.15) is 9.80 Å². The Morgan fingerprint density at radius 1 is 1.32 bits per heavy atom. The molecule has 0 bridgehead atoms. The monoisotopic (exact) mass is 316 g/mol. The summed E-state index contributed by atoms with van der Waals surface area (Å²) in [4.78, 5) is 13.8. The third-order valence-corrected chi connectivity index (χ3v) is 3.60. The number of nitrogens with one attached hydrogen (secondary N) is 1. The van der Waals surface area contributed by atoms with Gasteiger partial charge in [0.05, 0.1) is 16.4 Å². The Labute approximate surface area is 124 Å². The van der Waals surface area contributed by atoms with E-state index >= 15 is 0 Å². The quantitative estimate of drug-likeness (QED) is 0.945. The van der Waals surface area contributed by atoms with Gasteiger partial charge >= 0.3 is 0 Å². The first kappa shape index (κ1) is 14.0. The molecule has 0 fully saturated rings. The zero-order valence-electron chi connectivity index (χ0n) is 10.1. The van der Waals surface area contributed by atoms with Gasteiger partial charge in [-0.05, 0) is 23.7 Å². The number of carbonyl (C=O) groups is 1. The first-order valence-electron chi connectivity index (χ1n) is 5.25. The Morgan fingerprint density at radius 2 is 2.05 bits per heavy atom. The Hall–Kier alpha value is -1.37. The molecular weight excluding hydrogens is 307 g/mol. The molecule has 0 atom stereocenters. The number of rotatable bonds is 3. The Balaban J connectivity index is 2.29. The molecule has 0 saturated heterocycles. The minimum absolute atomic E-state index is 0.203. The molecule has 0 aliphatic carbocycles. The predicted molar refractivity (Wildman–Crippen MR) is 78.7 cm³/mol. The molecule has 1 heterocycles. The fourth-order valence-corrected chi connectivity index (χ4v) is 2.61. The van der Waals surface area contributed by atoms with Crippen molar-refractivity contribution in [1.82, 2.24) is 10.2 Å². The van der Waals surface area contributed by atoms with E-state index in [1.165, 1.54) is 0 Å². The van der Waals surface area contributed by atoms with Crippen molar-refractivity contribution in [2.24, 2.45) is 0 Å². The second-order valence-electron chi connectivity index (χ2n) is 3.84. The van der Waals surface area contributed by atoms with Crippen molar-refractivity contribution in [1.29, 1.82) is 0 Å². The number of benzene rings is 1. The average Bonchev–Trinajstić information content (AvgIpc) is 2.75. The van der Waals surface area contributed by atoms with E-state index in [2.05, 4.69) is 15.5 Å². The third-order valence-electron chi connectivity index (χ3n) is 2.28. The normalized spacial score (nSPS) is 10.3. The number of anilines is 2. The van der Waals surface area contributed by atoms with Crippen LogP contribution in [0.25, 0.3) is 0 Å². The van der Waals surface area contributed by atoms with Crippen molar-refractivity contribution < 1.29 is 4.79 Å². The zero-order valence-corrected chi connectivity index (χ0v) is 12.5. The molecule has 0 aliphatic heterocycles. The van der Waals surface area contributed by atoms with Gasteiger partial charge in [0.1, 0.15) is 0 Å². The van der Waals surface area contributed by atoms with Gasteiger partial charge in [-0.15, -0.1) is 10.2 Å². The summed E-state index contributed by atoms with van der Waals surface area (Å²) in [5, 5.41) is 10.8. The molecular formula is C11H10Cl2N4OS. The molecule has 5 nitrogen and oxygen atoms in total. The standard InChI is InChI=1S/C11H10Cl2N4OS/c1-17(2)8-6(12)4-3-5-7(8)14-9(18)10-15-16-11(13)19-10/h3-5H,1-2H3,(H,14,18). The lowest BCUT2D eigenvalue weighted by Crippen LogP contribution is -2.17. The topological polar surface area (TPSA) is 58.1 Å². The van der Waals surface area contributed by atoms with E-state index in [0.717, 1.165) is 17.0 Å². The summed E-state index contributed by atoms with van der Waals surface area (Å²) in [6, 6.07) is 5.29. The number of aromatic nitrogens is 2. The highest BCUT2D eigenvalue weighted by molar-refractivity contribution is 7.17. The van der Waals surface area contributed by atoms with Crippen LogP contribution in [0, 0.1) is 0 Å². The predicted octanol–water partition coefficient (Wildman–Crippen LogP) is 3.16. The smallest absolute Gasteiger partial charge is 0.286 e. The highest BCUT2D eigenvalue weighted by Gasteiger charge is 2.16. The van der Waals surface area contributed by atoms with Crippen LogP contribution >= 0.6 is 34.5 Å². The highest BCUT2D eigenvalue weighted by atomic mass is 35.5. The number of nitrogens with zero attached hydrogens (tertiary/aromatic N) is 3. The number of para-hydroxylation sites is 1. The second kappa shape index (κ2) is 5.73. The van der Waals surface area contributed by atoms with Crippen molar-refractivity contribution in [2.45, 2.75) is 0 Å². The fourth-order valence-electron chi connectivity index (χ4n) is 1.54. The molecule has 1 aromatic carbocycles. The van der Waals surface area contributed by atoms with Crippen LogP contribution in [0.5, 0.6) is 0 Å². The van der Waals surface area contributed by atoms with Gasteiger partial charge in [-0.25, -0.2) is 0 Å². The molecule has 0 saturated carbocycles. The molecule has 0 unspecified atom stereocenters. The van der Waals surface area contributed by atoms with Gasteiger partial charge in [-0.1, -0.05) is 29.0 Å². The second-order valence-corrected chi connectivity index (χ2v) is 5.81. The van der Waals surface area contributed by atoms with Crippen LogP contribution in [0.2, 0.25) is 9.49 Å². The van der Waals surface area contributed by atoms with Gasteiger partial charge in [0.15, 0.2) is 0 Å². The minimum Gasteiger partial charge on any atom is -0.375 e. The van der Waals surface area contributed by atoms with E-state index in [1.54, 1.807) is 18.2 Å². The summed E-state index contributed by atoms with van der Waals surface area (Å²) >= 11 is 12.8. The molecule has 1 aromatic heterocycles. The van der Waals surface area contributed by atoms with Crippen molar-refractivity contribution in [2.75, 3.05) is 24.3 Å². The highest BCUT2D eigenvalue weighted by Crippen LogP contribution is 2.32. The minimum atomic E-state index is -0.366. The lowest BCUT2D eigenvalue weighted by molar-refractivity contribution is 0.102. The summed E-state index contributed by atoms with van der Waals surface area (Å²) in [7, 11) is 3.69. The van der Waals surface area contributed by atoms with Crippen LogP contribution in [0.4, 0.5) is 11.4 Å². The number of carbonyl (C=O) groups excluding carboxylic acids is 1. The maximum Gasteiger partial charge on any atom is 0.286 e. The van der Waals surface area contributed by atoms with Gasteiger partial charge in [0.25, 0.3) is 5.91 Å². The van der Waals surface area contributed by atoms with Crippen molar-refractivity contribution >= 4 is 51.8 Å². The molecule has 2 rings (SSSR count). The van der Waals surface area contributed by atoms with Crippen LogP contribution in [0.3, 0.4) is 0 Å². The molecule has 100 valence electrons. The van der Waals surface area contributed by atoms with E-state index in [9.17, 15) is 4.79 Å². The molecule has 0 spiro atoms. The SMILES string of the molecule is CN(C)c1c(Cl)cccc1NC(=O)c1nnc(Cl)s1. The molecule has 0 radical (unpaired) electrons. The number of amides is 1. The van der Waals surface area contributed by atoms with Gasteiger partial charge in [0.2, 0.25) is 9.47 Å². The number of hydrogen-bond donors (Lipinski definition) is 1. The van der Waals surface area contributed by atoms with Crippen LogP contribution in [-0.2, 0) is 0 Å². The maximum atomic E-state index is 12.0. The van der Waals surface area contributed by atoms with Crippen LogP contribution in [0.15, 0.2) is 18.2 Å². The van der Waals surface area contributed by atoms with Gasteiger partial charge in [-0.3, -0.25) is 4.79 Å². The maximum absolute atomic E-state index is 12.0. The van der Waals surface area contributed by atoms with Crippen molar-refractivity contribution in [3.63, 3.8) is 0 Å². The number of halogens is 2. The lowest BCUT2D eigenvalue weighted by Gasteiger charge is -2.18. The third kappa shape index (κ3) is 3.15. The van der Waals surface area contributed by atoms with Crippen LogP contribution < -0.4 is 10.2 Å². The van der Waals surface area contributed by atoms with Gasteiger partial charge < -0.3 is 10.2 Å². The number of hydrogen-bond acceptors (Lipinski definition) is 5.